The third-order valence-corrected chi connectivity index (χ3v) is 6.20. The van der Waals surface area contributed by atoms with Gasteiger partial charge in [0.2, 0.25) is 0 Å². The summed E-state index contributed by atoms with van der Waals surface area (Å²) in [5.41, 5.74) is 1.99. The Hall–Kier alpha value is -0.930. The van der Waals surface area contributed by atoms with Crippen molar-refractivity contribution in [2.75, 3.05) is 0 Å². The van der Waals surface area contributed by atoms with Crippen molar-refractivity contribution < 1.29 is 0 Å². The van der Waals surface area contributed by atoms with E-state index in [1.54, 1.807) is 0 Å². The molecule has 3 atom stereocenters. The van der Waals surface area contributed by atoms with Crippen LogP contribution in [0.25, 0.3) is 11.3 Å². The van der Waals surface area contributed by atoms with Crippen molar-refractivity contribution in [3.63, 3.8) is 0 Å². The van der Waals surface area contributed by atoms with Crippen molar-refractivity contribution in [1.29, 1.82) is 0 Å². The lowest BCUT2D eigenvalue weighted by Gasteiger charge is -2.21. The smallest absolute Gasteiger partial charge is 0.147 e. The molecule has 2 bridgehead atoms. The molecule has 4 heteroatoms. The highest BCUT2D eigenvalue weighted by Gasteiger charge is 2.41. The Kier molecular flexibility index (Phi) is 3.50. The van der Waals surface area contributed by atoms with Gasteiger partial charge in [0.25, 0.3) is 0 Å². The van der Waals surface area contributed by atoms with E-state index in [1.165, 1.54) is 25.7 Å². The van der Waals surface area contributed by atoms with Crippen LogP contribution in [0, 0.1) is 11.8 Å². The lowest BCUT2D eigenvalue weighted by molar-refractivity contribution is 0.405. The summed E-state index contributed by atoms with van der Waals surface area (Å²) < 4.78 is 0.794. The minimum Gasteiger partial charge on any atom is -0.231 e. The molecule has 0 aliphatic heterocycles. The summed E-state index contributed by atoms with van der Waals surface area (Å²) in [5.74, 6) is 3.08. The third kappa shape index (κ3) is 2.40. The number of benzene rings is 1. The Bertz CT molecular complexity index is 674. The van der Waals surface area contributed by atoms with Gasteiger partial charge in [-0.3, -0.25) is 0 Å². The van der Waals surface area contributed by atoms with E-state index >= 15 is 0 Å². The Morgan fingerprint density at radius 3 is 2.52 bits per heavy atom. The molecular weight excluding hydrogens is 348 g/mol. The van der Waals surface area contributed by atoms with Crippen molar-refractivity contribution >= 4 is 27.5 Å². The number of hydrogen-bond donors (Lipinski definition) is 0. The highest BCUT2D eigenvalue weighted by atomic mass is 79.9. The first kappa shape index (κ1) is 13.7. The molecule has 2 aromatic rings. The van der Waals surface area contributed by atoms with Crippen molar-refractivity contribution in [2.45, 2.75) is 31.6 Å². The van der Waals surface area contributed by atoms with E-state index < -0.39 is 0 Å². The monoisotopic (exact) mass is 362 g/mol. The van der Waals surface area contributed by atoms with Crippen molar-refractivity contribution in [1.82, 2.24) is 9.97 Å². The fourth-order valence-electron chi connectivity index (χ4n) is 3.95. The number of rotatable bonds is 2. The van der Waals surface area contributed by atoms with Crippen LogP contribution in [-0.2, 0) is 0 Å². The van der Waals surface area contributed by atoms with Crippen LogP contribution in [-0.4, -0.2) is 9.97 Å². The molecule has 2 saturated carbocycles. The molecule has 2 aliphatic carbocycles. The molecule has 1 aromatic carbocycles. The fraction of sp³-hybridized carbons (Fsp3) is 0.412. The summed E-state index contributed by atoms with van der Waals surface area (Å²) in [6.07, 6.45) is 5.29. The zero-order valence-electron chi connectivity index (χ0n) is 11.6. The Morgan fingerprint density at radius 1 is 1.05 bits per heavy atom. The highest BCUT2D eigenvalue weighted by Crippen LogP contribution is 2.52. The molecule has 0 spiro atoms. The van der Waals surface area contributed by atoms with E-state index in [-0.39, 0.29) is 0 Å². The van der Waals surface area contributed by atoms with Gasteiger partial charge >= 0.3 is 0 Å². The van der Waals surface area contributed by atoms with Crippen LogP contribution < -0.4 is 0 Å². The van der Waals surface area contributed by atoms with Gasteiger partial charge in [0.15, 0.2) is 0 Å². The Balaban J connectivity index is 1.78. The van der Waals surface area contributed by atoms with Crippen molar-refractivity contribution in [3.8, 4) is 11.3 Å². The number of fused-ring (bicyclic) bond motifs is 2. The van der Waals surface area contributed by atoms with Gasteiger partial charge in [-0.2, -0.15) is 0 Å². The van der Waals surface area contributed by atoms with E-state index in [0.717, 1.165) is 33.4 Å². The van der Waals surface area contributed by atoms with Crippen LogP contribution in [0.5, 0.6) is 0 Å². The summed E-state index contributed by atoms with van der Waals surface area (Å²) in [6, 6.07) is 10.2. The van der Waals surface area contributed by atoms with Crippen LogP contribution in [0.3, 0.4) is 0 Å². The number of halogens is 2. The summed E-state index contributed by atoms with van der Waals surface area (Å²) >= 11 is 9.90. The molecule has 2 nitrogen and oxygen atoms in total. The lowest BCUT2D eigenvalue weighted by Crippen LogP contribution is -2.13. The van der Waals surface area contributed by atoms with Crippen LogP contribution in [0.1, 0.15) is 37.4 Å². The minimum absolute atomic E-state index is 0.497. The lowest BCUT2D eigenvalue weighted by atomic mass is 9.88. The average Bonchev–Trinajstić information content (AvgIpc) is 3.13. The summed E-state index contributed by atoms with van der Waals surface area (Å²) in [6.45, 7) is 0. The van der Waals surface area contributed by atoms with Gasteiger partial charge in [-0.05, 0) is 47.0 Å². The molecule has 3 unspecified atom stereocenters. The van der Waals surface area contributed by atoms with Gasteiger partial charge in [0.1, 0.15) is 11.0 Å². The second kappa shape index (κ2) is 5.36. The highest BCUT2D eigenvalue weighted by molar-refractivity contribution is 9.10. The number of aromatic nitrogens is 2. The molecule has 0 saturated heterocycles. The standard InChI is InChI=1S/C17H16BrClN2/c18-14-15(11-4-2-1-3-5-11)20-17(21-16(14)19)13-9-10-6-7-12(13)8-10/h1-5,10,12-13H,6-9H2. The Morgan fingerprint density at radius 2 is 1.86 bits per heavy atom. The third-order valence-electron chi connectivity index (χ3n) is 4.95. The molecule has 1 aromatic heterocycles. The van der Waals surface area contributed by atoms with Crippen LogP contribution >= 0.6 is 27.5 Å². The first-order valence-corrected chi connectivity index (χ1v) is 8.68. The predicted molar refractivity (Wildman–Crippen MR) is 88.4 cm³/mol. The zero-order valence-corrected chi connectivity index (χ0v) is 13.9. The second-order valence-corrected chi connectivity index (χ2v) is 7.33. The quantitative estimate of drug-likeness (QED) is 0.662. The summed E-state index contributed by atoms with van der Waals surface area (Å²) in [7, 11) is 0. The topological polar surface area (TPSA) is 25.8 Å². The first-order valence-electron chi connectivity index (χ1n) is 7.50. The molecule has 4 rings (SSSR count). The second-order valence-electron chi connectivity index (χ2n) is 6.18. The van der Waals surface area contributed by atoms with Gasteiger partial charge in [0, 0.05) is 11.5 Å². The van der Waals surface area contributed by atoms with Gasteiger partial charge in [0.05, 0.1) is 10.2 Å². The maximum atomic E-state index is 6.35. The summed E-state index contributed by atoms with van der Waals surface area (Å²) in [4.78, 5) is 9.43. The van der Waals surface area contributed by atoms with Gasteiger partial charge in [-0.1, -0.05) is 48.4 Å². The summed E-state index contributed by atoms with van der Waals surface area (Å²) in [5, 5.41) is 0.529. The molecule has 21 heavy (non-hydrogen) atoms. The number of hydrogen-bond acceptors (Lipinski definition) is 2. The molecule has 2 aliphatic rings. The Labute approximate surface area is 138 Å². The molecule has 0 radical (unpaired) electrons. The van der Waals surface area contributed by atoms with E-state index in [4.69, 9.17) is 16.6 Å². The van der Waals surface area contributed by atoms with Crippen LogP contribution in [0.4, 0.5) is 0 Å². The minimum atomic E-state index is 0.497. The van der Waals surface area contributed by atoms with Crippen molar-refractivity contribution in [3.05, 3.63) is 45.8 Å². The molecule has 1 heterocycles. The largest absolute Gasteiger partial charge is 0.231 e. The molecular formula is C17H16BrClN2. The average molecular weight is 364 g/mol. The molecule has 0 N–H and O–H groups in total. The van der Waals surface area contributed by atoms with Crippen LogP contribution in [0.15, 0.2) is 34.8 Å². The molecule has 108 valence electrons. The zero-order chi connectivity index (χ0) is 14.4. The SMILES string of the molecule is Clc1nc(C2CC3CCC2C3)nc(-c2ccccc2)c1Br. The van der Waals surface area contributed by atoms with Gasteiger partial charge in [-0.25, -0.2) is 9.97 Å². The van der Waals surface area contributed by atoms with E-state index in [2.05, 4.69) is 33.0 Å². The van der Waals surface area contributed by atoms with Gasteiger partial charge in [-0.15, -0.1) is 0 Å². The predicted octanol–water partition coefficient (Wildman–Crippen LogP) is 5.46. The maximum Gasteiger partial charge on any atom is 0.147 e. The number of nitrogens with zero attached hydrogens (tertiary/aromatic N) is 2. The van der Waals surface area contributed by atoms with E-state index in [1.807, 2.05) is 18.2 Å². The maximum absolute atomic E-state index is 6.35. The normalized spacial score (nSPS) is 27.2. The van der Waals surface area contributed by atoms with Gasteiger partial charge < -0.3 is 0 Å². The first-order chi connectivity index (χ1) is 10.2. The fourth-order valence-corrected chi connectivity index (χ4v) is 4.53. The molecule has 2 fully saturated rings. The van der Waals surface area contributed by atoms with Crippen LogP contribution in [0.2, 0.25) is 5.15 Å². The van der Waals surface area contributed by atoms with E-state index in [0.29, 0.717) is 11.1 Å². The van der Waals surface area contributed by atoms with Crippen molar-refractivity contribution in [2.24, 2.45) is 11.8 Å². The van der Waals surface area contributed by atoms with E-state index in [9.17, 15) is 0 Å². The molecule has 0 amide bonds.